The van der Waals surface area contributed by atoms with Gasteiger partial charge >= 0.3 is 0 Å². The minimum absolute atomic E-state index is 0. The van der Waals surface area contributed by atoms with Crippen LogP contribution in [-0.2, 0) is 32.7 Å². The largest absolute Gasteiger partial charge is 0.314 e. The van der Waals surface area contributed by atoms with Crippen molar-refractivity contribution >= 4 is 0 Å². The average Bonchev–Trinajstić information content (AvgIpc) is 2.41. The Morgan fingerprint density at radius 2 is 1.32 bits per heavy atom. The third kappa shape index (κ3) is 12.8. The van der Waals surface area contributed by atoms with Crippen molar-refractivity contribution in [2.24, 2.45) is 0 Å². The first-order valence-electron chi connectivity index (χ1n) is 7.11. The van der Waals surface area contributed by atoms with Crippen LogP contribution in [0.1, 0.15) is 61.5 Å². The summed E-state index contributed by atoms with van der Waals surface area (Å²) >= 11 is 0. The molecule has 1 aliphatic heterocycles. The second kappa shape index (κ2) is 17.6. The Balaban J connectivity index is -0.000000125. The van der Waals surface area contributed by atoms with Crippen molar-refractivity contribution in [1.29, 1.82) is 0 Å². The van der Waals surface area contributed by atoms with Gasteiger partial charge in [0.1, 0.15) is 0 Å². The summed E-state index contributed by atoms with van der Waals surface area (Å²) in [4.78, 5) is 2.50. The average molecular weight is 385 g/mol. The van der Waals surface area contributed by atoms with Crippen molar-refractivity contribution in [3.8, 4) is 0 Å². The van der Waals surface area contributed by atoms with Crippen LogP contribution in [0, 0.1) is 0 Å². The van der Waals surface area contributed by atoms with Crippen molar-refractivity contribution in [3.05, 3.63) is 35.9 Å². The van der Waals surface area contributed by atoms with Crippen molar-refractivity contribution in [2.45, 2.75) is 61.9 Å². The molecule has 22 heavy (non-hydrogen) atoms. The van der Waals surface area contributed by atoms with E-state index in [-0.39, 0.29) is 55.0 Å². The molecule has 1 aliphatic rings. The van der Waals surface area contributed by atoms with Crippen molar-refractivity contribution in [2.75, 3.05) is 26.2 Å². The normalized spacial score (nSPS) is 13.5. The summed E-state index contributed by atoms with van der Waals surface area (Å²) in [5, 5.41) is 3.33. The number of benzene rings is 1. The molecule has 1 fully saturated rings. The van der Waals surface area contributed by atoms with Gasteiger partial charge in [0.25, 0.3) is 0 Å². The van der Waals surface area contributed by atoms with Gasteiger partial charge in [0.2, 0.25) is 0 Å². The Labute approximate surface area is 166 Å². The zero-order valence-electron chi connectivity index (χ0n) is 12.9. The standard InChI is InChI=1S/C9H12.C7H16N2.3CH4.Y/c1-8(2)9-6-4-3-5-7-9;1-7(2)9-5-3-8-4-6-9;;;;/h3-8H,1-2H3;7-8H,3-6H2,1-2H3;3*1H4;. The number of nitrogens with zero attached hydrogens (tertiary/aromatic N) is 1. The molecule has 0 aromatic heterocycles. The third-order valence-corrected chi connectivity index (χ3v) is 3.35. The quantitative estimate of drug-likeness (QED) is 0.769. The molecule has 0 aliphatic carbocycles. The van der Waals surface area contributed by atoms with E-state index in [9.17, 15) is 0 Å². The fraction of sp³-hybridized carbons (Fsp3) is 0.684. The van der Waals surface area contributed by atoms with Crippen LogP contribution < -0.4 is 5.32 Å². The number of hydrogen-bond acceptors (Lipinski definition) is 2. The van der Waals surface area contributed by atoms with E-state index in [0.717, 1.165) is 19.1 Å². The molecule has 0 saturated carbocycles. The molecule has 1 radical (unpaired) electrons. The third-order valence-electron chi connectivity index (χ3n) is 3.35. The van der Waals surface area contributed by atoms with E-state index >= 15 is 0 Å². The summed E-state index contributed by atoms with van der Waals surface area (Å²) < 4.78 is 0. The second-order valence-corrected chi connectivity index (χ2v) is 5.45. The van der Waals surface area contributed by atoms with Gasteiger partial charge in [0.05, 0.1) is 0 Å². The van der Waals surface area contributed by atoms with Gasteiger partial charge in [-0.05, 0) is 25.3 Å². The first-order valence-corrected chi connectivity index (χ1v) is 7.11. The SMILES string of the molecule is C.C.C.CC(C)N1CCNCC1.CC(C)c1ccccc1.[Y]. The molecule has 0 unspecified atom stereocenters. The van der Waals surface area contributed by atoms with Gasteiger partial charge in [-0.25, -0.2) is 0 Å². The Morgan fingerprint density at radius 3 is 1.59 bits per heavy atom. The molecule has 2 nitrogen and oxygen atoms in total. The van der Waals surface area contributed by atoms with Gasteiger partial charge in [-0.2, -0.15) is 0 Å². The monoisotopic (exact) mass is 385 g/mol. The maximum absolute atomic E-state index is 3.33. The predicted octanol–water partition coefficient (Wildman–Crippen LogP) is 5.02. The van der Waals surface area contributed by atoms with Crippen LogP contribution in [0.15, 0.2) is 30.3 Å². The molecular formula is C19H40N2Y. The zero-order valence-corrected chi connectivity index (χ0v) is 15.7. The van der Waals surface area contributed by atoms with E-state index in [4.69, 9.17) is 0 Å². The molecule has 1 saturated heterocycles. The summed E-state index contributed by atoms with van der Waals surface area (Å²) in [6.45, 7) is 13.7. The van der Waals surface area contributed by atoms with Gasteiger partial charge in [-0.3, -0.25) is 4.90 Å². The van der Waals surface area contributed by atoms with Gasteiger partial charge in [-0.1, -0.05) is 66.5 Å². The van der Waals surface area contributed by atoms with E-state index < -0.39 is 0 Å². The van der Waals surface area contributed by atoms with Crippen LogP contribution in [0.4, 0.5) is 0 Å². The van der Waals surface area contributed by atoms with E-state index in [1.165, 1.54) is 18.7 Å². The first-order chi connectivity index (χ1) is 8.61. The first kappa shape index (κ1) is 30.2. The Hall–Kier alpha value is 0.244. The smallest absolute Gasteiger partial charge is 0.0110 e. The number of rotatable bonds is 2. The van der Waals surface area contributed by atoms with Gasteiger partial charge in [0.15, 0.2) is 0 Å². The maximum atomic E-state index is 3.33. The van der Waals surface area contributed by atoms with Crippen LogP contribution in [0.2, 0.25) is 0 Å². The van der Waals surface area contributed by atoms with Crippen LogP contribution in [0.25, 0.3) is 0 Å². The number of nitrogens with one attached hydrogen (secondary N) is 1. The zero-order chi connectivity index (χ0) is 13.4. The number of piperazine rings is 1. The predicted molar refractivity (Wildman–Crippen MR) is 100 cm³/mol. The molecule has 0 spiro atoms. The van der Waals surface area contributed by atoms with Gasteiger partial charge < -0.3 is 5.32 Å². The summed E-state index contributed by atoms with van der Waals surface area (Å²) in [7, 11) is 0. The van der Waals surface area contributed by atoms with E-state index in [0.29, 0.717) is 5.92 Å². The molecule has 3 heteroatoms. The van der Waals surface area contributed by atoms with Gasteiger partial charge in [0, 0.05) is 64.9 Å². The molecule has 1 aromatic carbocycles. The number of hydrogen-bond donors (Lipinski definition) is 1. The van der Waals surface area contributed by atoms with Crippen LogP contribution in [0.5, 0.6) is 0 Å². The van der Waals surface area contributed by atoms with Gasteiger partial charge in [-0.15, -0.1) is 0 Å². The fourth-order valence-electron chi connectivity index (χ4n) is 2.04. The van der Waals surface area contributed by atoms with E-state index in [1.54, 1.807) is 0 Å². The van der Waals surface area contributed by atoms with Crippen LogP contribution in [0.3, 0.4) is 0 Å². The summed E-state index contributed by atoms with van der Waals surface area (Å²) in [5.74, 6) is 0.659. The van der Waals surface area contributed by atoms with Crippen molar-refractivity contribution in [3.63, 3.8) is 0 Å². The molecule has 0 amide bonds. The summed E-state index contributed by atoms with van der Waals surface area (Å²) in [6.07, 6.45) is 0. The molecule has 2 rings (SSSR count). The minimum Gasteiger partial charge on any atom is -0.314 e. The van der Waals surface area contributed by atoms with Crippen LogP contribution in [-0.4, -0.2) is 37.1 Å². The topological polar surface area (TPSA) is 15.3 Å². The minimum atomic E-state index is 0. The summed E-state index contributed by atoms with van der Waals surface area (Å²) in [5.41, 5.74) is 1.41. The Kier molecular flexibility index (Phi) is 24.1. The molecule has 0 atom stereocenters. The molecule has 1 heterocycles. The second-order valence-electron chi connectivity index (χ2n) is 5.45. The maximum Gasteiger partial charge on any atom is 0.0110 e. The van der Waals surface area contributed by atoms with E-state index in [1.807, 2.05) is 6.07 Å². The Bertz CT molecular complexity index is 306. The van der Waals surface area contributed by atoms with Crippen LogP contribution >= 0.6 is 0 Å². The molecule has 129 valence electrons. The van der Waals surface area contributed by atoms with Crippen molar-refractivity contribution in [1.82, 2.24) is 10.2 Å². The summed E-state index contributed by atoms with van der Waals surface area (Å²) in [6, 6.07) is 11.2. The van der Waals surface area contributed by atoms with Crippen molar-refractivity contribution < 1.29 is 32.7 Å². The van der Waals surface area contributed by atoms with E-state index in [2.05, 4.69) is 62.2 Å². The fourth-order valence-corrected chi connectivity index (χ4v) is 2.04. The molecular weight excluding hydrogens is 345 g/mol. The Morgan fingerprint density at radius 1 is 0.864 bits per heavy atom. The molecule has 1 N–H and O–H groups in total. The molecule has 1 aromatic rings. The molecule has 0 bridgehead atoms.